The molecule has 1 amide bonds. The van der Waals surface area contributed by atoms with Crippen LogP contribution in [0.5, 0.6) is 0 Å². The molecule has 0 fully saturated rings. The van der Waals surface area contributed by atoms with Crippen molar-refractivity contribution in [3.05, 3.63) is 34.9 Å². The summed E-state index contributed by atoms with van der Waals surface area (Å²) in [6.07, 6.45) is 0. The maximum atomic E-state index is 12.0. The van der Waals surface area contributed by atoms with Gasteiger partial charge in [0.1, 0.15) is 5.54 Å². The Kier molecular flexibility index (Phi) is 6.19. The topological polar surface area (TPSA) is 64.9 Å². The third-order valence-electron chi connectivity index (χ3n) is 3.73. The average Bonchev–Trinajstić information content (AvgIpc) is 2.44. The molecule has 0 aliphatic heterocycles. The lowest BCUT2D eigenvalue weighted by Crippen LogP contribution is -2.51. The molecule has 0 aliphatic rings. The maximum Gasteiger partial charge on any atom is 0.235 e. The van der Waals surface area contributed by atoms with E-state index in [2.05, 4.69) is 16.7 Å². The fourth-order valence-electron chi connectivity index (χ4n) is 1.82. The van der Waals surface area contributed by atoms with Gasteiger partial charge >= 0.3 is 0 Å². The number of nitrogens with one attached hydrogen (secondary N) is 2. The molecule has 5 heteroatoms. The number of carbonyl (C=O) groups is 1. The average molecular weight is 308 g/mol. The Hall–Kier alpha value is -1.57. The molecule has 4 nitrogen and oxygen atoms in total. The first kappa shape index (κ1) is 17.5. The van der Waals surface area contributed by atoms with Crippen molar-refractivity contribution in [1.82, 2.24) is 10.6 Å². The van der Waals surface area contributed by atoms with Gasteiger partial charge in [0.05, 0.1) is 12.6 Å². The van der Waals surface area contributed by atoms with Gasteiger partial charge in [0.2, 0.25) is 5.91 Å². The smallest absolute Gasteiger partial charge is 0.235 e. The monoisotopic (exact) mass is 307 g/mol. The molecule has 0 bridgehead atoms. The van der Waals surface area contributed by atoms with Gasteiger partial charge in [-0.15, -0.1) is 0 Å². The van der Waals surface area contributed by atoms with Crippen molar-refractivity contribution in [3.8, 4) is 6.07 Å². The quantitative estimate of drug-likeness (QED) is 0.849. The highest BCUT2D eigenvalue weighted by Crippen LogP contribution is 2.22. The normalized spacial score (nSPS) is 15.1. The van der Waals surface area contributed by atoms with Gasteiger partial charge in [-0.1, -0.05) is 43.6 Å². The van der Waals surface area contributed by atoms with Crippen molar-refractivity contribution in [1.29, 1.82) is 5.26 Å². The Labute approximate surface area is 131 Å². The summed E-state index contributed by atoms with van der Waals surface area (Å²) >= 11 is 6.12. The second kappa shape index (κ2) is 7.44. The fourth-order valence-corrected chi connectivity index (χ4v) is 2.12. The van der Waals surface area contributed by atoms with Gasteiger partial charge in [-0.25, -0.2) is 0 Å². The minimum absolute atomic E-state index is 0.0347. The molecule has 21 heavy (non-hydrogen) atoms. The summed E-state index contributed by atoms with van der Waals surface area (Å²) in [5, 5.41) is 15.7. The molecule has 0 spiro atoms. The van der Waals surface area contributed by atoms with Crippen molar-refractivity contribution in [2.24, 2.45) is 5.92 Å². The second-order valence-electron chi connectivity index (χ2n) is 5.64. The summed E-state index contributed by atoms with van der Waals surface area (Å²) in [6, 6.07) is 9.63. The van der Waals surface area contributed by atoms with Crippen LogP contribution in [0.3, 0.4) is 0 Å². The Bertz CT molecular complexity index is 539. The number of hydrogen-bond acceptors (Lipinski definition) is 3. The number of halogens is 1. The van der Waals surface area contributed by atoms with Gasteiger partial charge in [0.15, 0.2) is 0 Å². The standard InChI is InChI=1S/C16H22ClN3O/c1-11(2)16(4,10-18)20-15(21)9-19-12(3)13-7-5-6-8-14(13)17/h5-8,11-12,19H,9H2,1-4H3,(H,20,21)/t12-,16-/m1/s1. The fraction of sp³-hybridized carbons (Fsp3) is 0.500. The van der Waals surface area contributed by atoms with Gasteiger partial charge < -0.3 is 10.6 Å². The van der Waals surface area contributed by atoms with E-state index in [1.54, 1.807) is 6.92 Å². The SMILES string of the molecule is CC(C)[C@@](C)(C#N)NC(=O)CN[C@H](C)c1ccccc1Cl. The van der Waals surface area contributed by atoms with Crippen LogP contribution in [0.4, 0.5) is 0 Å². The third kappa shape index (κ3) is 4.73. The first-order valence-corrected chi connectivity index (χ1v) is 7.38. The summed E-state index contributed by atoms with van der Waals surface area (Å²) in [5.74, 6) is -0.168. The molecule has 1 rings (SSSR count). The zero-order valence-corrected chi connectivity index (χ0v) is 13.7. The van der Waals surface area contributed by atoms with Crippen LogP contribution < -0.4 is 10.6 Å². The molecule has 2 atom stereocenters. The molecular weight excluding hydrogens is 286 g/mol. The maximum absolute atomic E-state index is 12.0. The van der Waals surface area contributed by atoms with Crippen LogP contribution in [0.1, 0.15) is 39.3 Å². The zero-order valence-electron chi connectivity index (χ0n) is 12.9. The summed E-state index contributed by atoms with van der Waals surface area (Å²) in [4.78, 5) is 12.0. The lowest BCUT2D eigenvalue weighted by Gasteiger charge is -2.27. The van der Waals surface area contributed by atoms with E-state index in [9.17, 15) is 10.1 Å². The van der Waals surface area contributed by atoms with Crippen LogP contribution in [0.15, 0.2) is 24.3 Å². The highest BCUT2D eigenvalue weighted by Gasteiger charge is 2.29. The number of nitriles is 1. The Balaban J connectivity index is 2.58. The number of rotatable bonds is 6. The van der Waals surface area contributed by atoms with E-state index in [0.717, 1.165) is 5.56 Å². The van der Waals surface area contributed by atoms with E-state index >= 15 is 0 Å². The predicted octanol–water partition coefficient (Wildman–Crippen LogP) is 3.05. The molecule has 2 N–H and O–H groups in total. The molecule has 0 heterocycles. The van der Waals surface area contributed by atoms with Gasteiger partial charge in [-0.3, -0.25) is 4.79 Å². The van der Waals surface area contributed by atoms with Crippen molar-refractivity contribution in [3.63, 3.8) is 0 Å². The molecule has 0 saturated carbocycles. The Morgan fingerprint density at radius 3 is 2.52 bits per heavy atom. The molecule has 1 aromatic rings. The van der Waals surface area contributed by atoms with E-state index in [0.29, 0.717) is 5.02 Å². The summed E-state index contributed by atoms with van der Waals surface area (Å²) in [7, 11) is 0. The lowest BCUT2D eigenvalue weighted by atomic mass is 9.90. The number of benzene rings is 1. The number of nitrogens with zero attached hydrogens (tertiary/aromatic N) is 1. The van der Waals surface area contributed by atoms with E-state index in [4.69, 9.17) is 11.6 Å². The van der Waals surface area contributed by atoms with Crippen molar-refractivity contribution < 1.29 is 4.79 Å². The summed E-state index contributed by atoms with van der Waals surface area (Å²) in [6.45, 7) is 7.62. The van der Waals surface area contributed by atoms with Gasteiger partial charge in [0.25, 0.3) is 0 Å². The largest absolute Gasteiger partial charge is 0.337 e. The van der Waals surface area contributed by atoms with Crippen LogP contribution in [0.25, 0.3) is 0 Å². The van der Waals surface area contributed by atoms with E-state index in [1.165, 1.54) is 0 Å². The van der Waals surface area contributed by atoms with E-state index < -0.39 is 5.54 Å². The highest BCUT2D eigenvalue weighted by atomic mass is 35.5. The molecule has 0 aliphatic carbocycles. The number of carbonyl (C=O) groups excluding carboxylic acids is 1. The minimum Gasteiger partial charge on any atom is -0.337 e. The van der Waals surface area contributed by atoms with Crippen LogP contribution in [-0.2, 0) is 4.79 Å². The number of amides is 1. The second-order valence-corrected chi connectivity index (χ2v) is 6.05. The van der Waals surface area contributed by atoms with Crippen LogP contribution in [0, 0.1) is 17.2 Å². The van der Waals surface area contributed by atoms with Gasteiger partial charge in [-0.05, 0) is 31.4 Å². The minimum atomic E-state index is -0.855. The van der Waals surface area contributed by atoms with E-state index in [-0.39, 0.29) is 24.4 Å². The molecular formula is C16H22ClN3O. The molecule has 0 unspecified atom stereocenters. The Morgan fingerprint density at radius 1 is 1.38 bits per heavy atom. The van der Waals surface area contributed by atoms with Crippen LogP contribution in [0.2, 0.25) is 5.02 Å². The van der Waals surface area contributed by atoms with Crippen molar-refractivity contribution in [2.45, 2.75) is 39.3 Å². The van der Waals surface area contributed by atoms with Crippen molar-refractivity contribution >= 4 is 17.5 Å². The zero-order chi connectivity index (χ0) is 16.0. The van der Waals surface area contributed by atoms with Crippen molar-refractivity contribution in [2.75, 3.05) is 6.54 Å². The third-order valence-corrected chi connectivity index (χ3v) is 4.07. The molecule has 1 aromatic carbocycles. The molecule has 114 valence electrons. The number of hydrogen-bond donors (Lipinski definition) is 2. The summed E-state index contributed by atoms with van der Waals surface area (Å²) in [5.41, 5.74) is 0.0886. The Morgan fingerprint density at radius 2 is 2.00 bits per heavy atom. The van der Waals surface area contributed by atoms with Crippen LogP contribution in [-0.4, -0.2) is 18.0 Å². The summed E-state index contributed by atoms with van der Waals surface area (Å²) < 4.78 is 0. The molecule has 0 aromatic heterocycles. The van der Waals surface area contributed by atoms with E-state index in [1.807, 2.05) is 45.0 Å². The first-order valence-electron chi connectivity index (χ1n) is 7.00. The van der Waals surface area contributed by atoms with Crippen LogP contribution >= 0.6 is 11.6 Å². The van der Waals surface area contributed by atoms with Gasteiger partial charge in [0, 0.05) is 11.1 Å². The molecule has 0 saturated heterocycles. The van der Waals surface area contributed by atoms with Gasteiger partial charge in [-0.2, -0.15) is 5.26 Å². The first-order chi connectivity index (χ1) is 9.80. The lowest BCUT2D eigenvalue weighted by molar-refractivity contribution is -0.122. The molecule has 0 radical (unpaired) electrons. The predicted molar refractivity (Wildman–Crippen MR) is 84.9 cm³/mol. The highest BCUT2D eigenvalue weighted by molar-refractivity contribution is 6.31.